The Balaban J connectivity index is 1.70. The number of nitrogens with zero attached hydrogens (tertiary/aromatic N) is 2. The lowest BCUT2D eigenvalue weighted by atomic mass is 9.94. The van der Waals surface area contributed by atoms with Crippen molar-refractivity contribution in [3.05, 3.63) is 155 Å². The highest BCUT2D eigenvalue weighted by Gasteiger charge is 2.25. The highest BCUT2D eigenvalue weighted by molar-refractivity contribution is 6.10. The maximum Gasteiger partial charge on any atom is 0.0573 e. The summed E-state index contributed by atoms with van der Waals surface area (Å²) in [6.45, 7) is 13.2. The third-order valence-electron chi connectivity index (χ3n) is 8.20. The van der Waals surface area contributed by atoms with Crippen LogP contribution < -0.4 is 9.80 Å². The molecule has 6 rings (SSSR count). The van der Waals surface area contributed by atoms with Gasteiger partial charge in [0.15, 0.2) is 0 Å². The van der Waals surface area contributed by atoms with E-state index in [4.69, 9.17) is 0 Å². The number of anilines is 6. The highest BCUT2D eigenvalue weighted by Crippen LogP contribution is 2.49. The van der Waals surface area contributed by atoms with Gasteiger partial charge in [0.25, 0.3) is 0 Å². The summed E-state index contributed by atoms with van der Waals surface area (Å²) >= 11 is 0. The SMILES string of the molecule is Cc1cccc(N(c2cccc(C)c2)c2c(C)c(C)c(N(c3cccc(C)c3)c3cccc(C)c3)c3ccccc23)c1. The Hall–Kier alpha value is -4.82. The van der Waals surface area contributed by atoms with Gasteiger partial charge in [0.2, 0.25) is 0 Å². The summed E-state index contributed by atoms with van der Waals surface area (Å²) in [5, 5.41) is 2.45. The maximum atomic E-state index is 2.44. The predicted octanol–water partition coefficient (Wildman–Crippen LogP) is 11.6. The van der Waals surface area contributed by atoms with Crippen LogP contribution in [-0.4, -0.2) is 0 Å². The van der Waals surface area contributed by atoms with Gasteiger partial charge in [0.1, 0.15) is 0 Å². The molecule has 0 spiro atoms. The van der Waals surface area contributed by atoms with E-state index in [-0.39, 0.29) is 0 Å². The van der Waals surface area contributed by atoms with Crippen LogP contribution in [-0.2, 0) is 0 Å². The normalized spacial score (nSPS) is 11.1. The first kappa shape index (κ1) is 27.4. The summed E-state index contributed by atoms with van der Waals surface area (Å²) in [6, 6.07) is 44.2. The van der Waals surface area contributed by atoms with Crippen LogP contribution in [0, 0.1) is 41.5 Å². The molecule has 0 aliphatic heterocycles. The number of aryl methyl sites for hydroxylation is 4. The Morgan fingerprint density at radius 2 is 0.619 bits per heavy atom. The van der Waals surface area contributed by atoms with E-state index in [1.54, 1.807) is 0 Å². The van der Waals surface area contributed by atoms with Gasteiger partial charge < -0.3 is 9.80 Å². The third-order valence-corrected chi connectivity index (χ3v) is 8.20. The monoisotopic (exact) mass is 546 g/mol. The van der Waals surface area contributed by atoms with Crippen LogP contribution >= 0.6 is 0 Å². The van der Waals surface area contributed by atoms with Crippen molar-refractivity contribution in [3.8, 4) is 0 Å². The predicted molar refractivity (Wildman–Crippen MR) is 182 cm³/mol. The van der Waals surface area contributed by atoms with Crippen LogP contribution in [0.2, 0.25) is 0 Å². The van der Waals surface area contributed by atoms with Gasteiger partial charge in [-0.2, -0.15) is 0 Å². The van der Waals surface area contributed by atoms with Crippen LogP contribution in [0.25, 0.3) is 10.8 Å². The molecular formula is C40H38N2. The molecule has 2 heteroatoms. The summed E-state index contributed by atoms with van der Waals surface area (Å²) in [5.41, 5.74) is 14.6. The average Bonchev–Trinajstić information content (AvgIpc) is 2.97. The lowest BCUT2D eigenvalue weighted by Gasteiger charge is -2.34. The van der Waals surface area contributed by atoms with Gasteiger partial charge in [-0.3, -0.25) is 0 Å². The molecule has 0 atom stereocenters. The topological polar surface area (TPSA) is 6.48 Å². The highest BCUT2D eigenvalue weighted by atomic mass is 15.2. The Kier molecular flexibility index (Phi) is 7.31. The minimum Gasteiger partial charge on any atom is -0.310 e. The van der Waals surface area contributed by atoms with Crippen LogP contribution in [0.1, 0.15) is 33.4 Å². The standard InChI is InChI=1S/C40H38N2/c1-27-13-9-17-33(23-27)41(34-18-10-14-28(2)24-34)39-31(5)32(6)40(38-22-8-7-21-37(38)39)42(35-19-11-15-29(3)25-35)36-20-12-16-30(4)26-36/h7-26H,1-6H3. The number of benzene rings is 6. The van der Waals surface area contributed by atoms with E-state index in [0.29, 0.717) is 0 Å². The first-order chi connectivity index (χ1) is 20.3. The zero-order valence-electron chi connectivity index (χ0n) is 25.4. The van der Waals surface area contributed by atoms with E-state index in [1.165, 1.54) is 55.5 Å². The molecule has 0 N–H and O–H groups in total. The molecule has 0 saturated heterocycles. The lowest BCUT2D eigenvalue weighted by Crippen LogP contribution is -2.17. The molecule has 0 amide bonds. The average molecular weight is 547 g/mol. The number of rotatable bonds is 6. The fourth-order valence-corrected chi connectivity index (χ4v) is 6.11. The van der Waals surface area contributed by atoms with E-state index in [1.807, 2.05) is 0 Å². The third kappa shape index (κ3) is 5.05. The van der Waals surface area contributed by atoms with E-state index < -0.39 is 0 Å². The van der Waals surface area contributed by atoms with Crippen molar-refractivity contribution in [2.24, 2.45) is 0 Å². The van der Waals surface area contributed by atoms with Gasteiger partial charge in [0.05, 0.1) is 11.4 Å². The molecular weight excluding hydrogens is 508 g/mol. The summed E-state index contributed by atoms with van der Waals surface area (Å²) < 4.78 is 0. The molecule has 0 saturated carbocycles. The van der Waals surface area contributed by atoms with Crippen molar-refractivity contribution in [1.82, 2.24) is 0 Å². The molecule has 6 aromatic rings. The van der Waals surface area contributed by atoms with Crippen molar-refractivity contribution in [3.63, 3.8) is 0 Å². The Labute approximate surface area is 250 Å². The molecule has 0 radical (unpaired) electrons. The zero-order valence-corrected chi connectivity index (χ0v) is 25.4. The van der Waals surface area contributed by atoms with Crippen molar-refractivity contribution < 1.29 is 0 Å². The molecule has 42 heavy (non-hydrogen) atoms. The molecule has 0 aliphatic carbocycles. The molecule has 0 aromatic heterocycles. The smallest absolute Gasteiger partial charge is 0.0573 e. The van der Waals surface area contributed by atoms with E-state index in [2.05, 4.69) is 173 Å². The van der Waals surface area contributed by atoms with Gasteiger partial charge in [-0.05, 0) is 123 Å². The van der Waals surface area contributed by atoms with Gasteiger partial charge in [0, 0.05) is 33.5 Å². The van der Waals surface area contributed by atoms with Crippen LogP contribution in [0.15, 0.2) is 121 Å². The fraction of sp³-hybridized carbons (Fsp3) is 0.150. The van der Waals surface area contributed by atoms with E-state index in [0.717, 1.165) is 22.7 Å². The van der Waals surface area contributed by atoms with Crippen LogP contribution in [0.4, 0.5) is 34.1 Å². The van der Waals surface area contributed by atoms with Crippen LogP contribution in [0.3, 0.4) is 0 Å². The van der Waals surface area contributed by atoms with Crippen molar-refractivity contribution in [2.75, 3.05) is 9.80 Å². The van der Waals surface area contributed by atoms with Crippen molar-refractivity contribution in [1.29, 1.82) is 0 Å². The maximum absolute atomic E-state index is 2.44. The summed E-state index contributed by atoms with van der Waals surface area (Å²) in [4.78, 5) is 4.89. The largest absolute Gasteiger partial charge is 0.310 e. The molecule has 0 fully saturated rings. The zero-order chi connectivity index (χ0) is 29.4. The van der Waals surface area contributed by atoms with Gasteiger partial charge in [-0.25, -0.2) is 0 Å². The minimum absolute atomic E-state index is 1.16. The molecule has 0 unspecified atom stereocenters. The van der Waals surface area contributed by atoms with Crippen molar-refractivity contribution >= 4 is 44.9 Å². The second-order valence-electron chi connectivity index (χ2n) is 11.5. The first-order valence-corrected chi connectivity index (χ1v) is 14.7. The molecule has 0 heterocycles. The number of hydrogen-bond donors (Lipinski definition) is 0. The molecule has 208 valence electrons. The van der Waals surface area contributed by atoms with E-state index >= 15 is 0 Å². The lowest BCUT2D eigenvalue weighted by molar-refractivity contribution is 1.20. The molecule has 2 nitrogen and oxygen atoms in total. The number of hydrogen-bond acceptors (Lipinski definition) is 2. The van der Waals surface area contributed by atoms with Gasteiger partial charge >= 0.3 is 0 Å². The van der Waals surface area contributed by atoms with Crippen molar-refractivity contribution in [2.45, 2.75) is 41.5 Å². The second-order valence-corrected chi connectivity index (χ2v) is 11.5. The van der Waals surface area contributed by atoms with Crippen LogP contribution in [0.5, 0.6) is 0 Å². The summed E-state index contributed by atoms with van der Waals surface area (Å²) in [7, 11) is 0. The Bertz CT molecular complexity index is 1690. The Morgan fingerprint density at radius 1 is 0.333 bits per heavy atom. The first-order valence-electron chi connectivity index (χ1n) is 14.7. The quantitative estimate of drug-likeness (QED) is 0.205. The summed E-state index contributed by atoms with van der Waals surface area (Å²) in [6.07, 6.45) is 0. The van der Waals surface area contributed by atoms with E-state index in [9.17, 15) is 0 Å². The van der Waals surface area contributed by atoms with Gasteiger partial charge in [-0.1, -0.05) is 72.8 Å². The fourth-order valence-electron chi connectivity index (χ4n) is 6.11. The summed E-state index contributed by atoms with van der Waals surface area (Å²) in [5.74, 6) is 0. The number of fused-ring (bicyclic) bond motifs is 1. The molecule has 6 aromatic carbocycles. The van der Waals surface area contributed by atoms with Gasteiger partial charge in [-0.15, -0.1) is 0 Å². The molecule has 0 bridgehead atoms. The minimum atomic E-state index is 1.16. The molecule has 0 aliphatic rings. The Morgan fingerprint density at radius 3 is 0.881 bits per heavy atom. The second kappa shape index (κ2) is 11.2.